The van der Waals surface area contributed by atoms with Gasteiger partial charge in [0, 0.05) is 58.0 Å². The van der Waals surface area contributed by atoms with Crippen molar-refractivity contribution >= 4 is 5.91 Å². The zero-order valence-corrected chi connectivity index (χ0v) is 16.4. The van der Waals surface area contributed by atoms with Gasteiger partial charge in [0.2, 0.25) is 5.91 Å². The van der Waals surface area contributed by atoms with Gasteiger partial charge in [-0.15, -0.1) is 0 Å². The minimum atomic E-state index is 0.250. The van der Waals surface area contributed by atoms with Crippen LogP contribution < -0.4 is 0 Å². The average molecular weight is 364 g/mol. The molecule has 4 fully saturated rings. The molecule has 0 aromatic carbocycles. The lowest BCUT2D eigenvalue weighted by molar-refractivity contribution is -0.140. The lowest BCUT2D eigenvalue weighted by atomic mass is 9.89. The zero-order chi connectivity index (χ0) is 17.8. The molecule has 26 heavy (non-hydrogen) atoms. The van der Waals surface area contributed by atoms with E-state index in [0.717, 1.165) is 71.2 Å². The summed E-state index contributed by atoms with van der Waals surface area (Å²) < 4.78 is 5.49. The molecular weight excluding hydrogens is 326 g/mol. The van der Waals surface area contributed by atoms with Crippen molar-refractivity contribution in [3.05, 3.63) is 0 Å². The van der Waals surface area contributed by atoms with E-state index in [9.17, 15) is 4.79 Å². The van der Waals surface area contributed by atoms with Crippen molar-refractivity contribution < 1.29 is 9.53 Å². The summed E-state index contributed by atoms with van der Waals surface area (Å²) in [5, 5.41) is 0. The Hall–Kier alpha value is -0.650. The number of piperazine rings is 1. The van der Waals surface area contributed by atoms with E-state index in [1.165, 1.54) is 45.1 Å². The Balaban J connectivity index is 1.26. The number of carbonyl (C=O) groups is 1. The van der Waals surface area contributed by atoms with E-state index in [-0.39, 0.29) is 5.92 Å². The van der Waals surface area contributed by atoms with Crippen molar-refractivity contribution in [2.75, 3.05) is 52.5 Å². The third-order valence-corrected chi connectivity index (χ3v) is 7.23. The van der Waals surface area contributed by atoms with E-state index in [4.69, 9.17) is 4.74 Å². The summed E-state index contributed by atoms with van der Waals surface area (Å²) in [4.78, 5) is 20.6. The van der Waals surface area contributed by atoms with Crippen LogP contribution in [0.25, 0.3) is 0 Å². The maximum atomic E-state index is 13.1. The fourth-order valence-electron chi connectivity index (χ4n) is 5.60. The normalized spacial score (nSPS) is 31.2. The van der Waals surface area contributed by atoms with Crippen LogP contribution in [-0.2, 0) is 9.53 Å². The molecule has 0 radical (unpaired) electrons. The Kier molecular flexibility index (Phi) is 6.49. The van der Waals surface area contributed by atoms with Crippen molar-refractivity contribution in [1.29, 1.82) is 0 Å². The van der Waals surface area contributed by atoms with Crippen LogP contribution in [0.1, 0.15) is 57.8 Å². The highest BCUT2D eigenvalue weighted by Gasteiger charge is 2.34. The number of carbonyl (C=O) groups excluding carboxylic acids is 1. The molecule has 148 valence electrons. The first kappa shape index (κ1) is 18.7. The van der Waals surface area contributed by atoms with Gasteiger partial charge in [-0.2, -0.15) is 0 Å². The first-order valence-electron chi connectivity index (χ1n) is 11.2. The SMILES string of the molecule is O=C([C@H]1CCCN(C2CCCCC2)C1)N1CCN(C2CCOCC2)CC1. The Morgan fingerprint density at radius 1 is 0.692 bits per heavy atom. The molecule has 4 rings (SSSR count). The maximum absolute atomic E-state index is 13.1. The van der Waals surface area contributed by atoms with Crippen LogP contribution in [-0.4, -0.2) is 85.2 Å². The first-order valence-corrected chi connectivity index (χ1v) is 11.2. The van der Waals surface area contributed by atoms with Crippen LogP contribution >= 0.6 is 0 Å². The molecule has 0 N–H and O–H groups in total. The number of hydrogen-bond acceptors (Lipinski definition) is 4. The minimum absolute atomic E-state index is 0.250. The molecule has 5 heteroatoms. The molecule has 3 aliphatic heterocycles. The Labute approximate surface area is 159 Å². The van der Waals surface area contributed by atoms with Crippen molar-refractivity contribution in [2.24, 2.45) is 5.92 Å². The highest BCUT2D eigenvalue weighted by molar-refractivity contribution is 5.79. The molecule has 3 saturated heterocycles. The third-order valence-electron chi connectivity index (χ3n) is 7.23. The quantitative estimate of drug-likeness (QED) is 0.771. The summed E-state index contributed by atoms with van der Waals surface area (Å²) in [6, 6.07) is 1.43. The fourth-order valence-corrected chi connectivity index (χ4v) is 5.60. The monoisotopic (exact) mass is 363 g/mol. The first-order chi connectivity index (χ1) is 12.8. The Morgan fingerprint density at radius 2 is 1.38 bits per heavy atom. The van der Waals surface area contributed by atoms with Gasteiger partial charge < -0.3 is 9.64 Å². The molecule has 1 saturated carbocycles. The number of hydrogen-bond donors (Lipinski definition) is 0. The largest absolute Gasteiger partial charge is 0.381 e. The van der Waals surface area contributed by atoms with Crippen molar-refractivity contribution in [2.45, 2.75) is 69.9 Å². The third kappa shape index (κ3) is 4.42. The summed E-state index contributed by atoms with van der Waals surface area (Å²) in [7, 11) is 0. The number of piperidine rings is 1. The van der Waals surface area contributed by atoms with Crippen LogP contribution in [0.5, 0.6) is 0 Å². The van der Waals surface area contributed by atoms with Gasteiger partial charge in [0.25, 0.3) is 0 Å². The second-order valence-corrected chi connectivity index (χ2v) is 8.83. The highest BCUT2D eigenvalue weighted by atomic mass is 16.5. The van der Waals surface area contributed by atoms with E-state index in [1.54, 1.807) is 0 Å². The van der Waals surface area contributed by atoms with Crippen LogP contribution in [0.4, 0.5) is 0 Å². The van der Waals surface area contributed by atoms with Crippen molar-refractivity contribution in [3.63, 3.8) is 0 Å². The van der Waals surface area contributed by atoms with Gasteiger partial charge >= 0.3 is 0 Å². The van der Waals surface area contributed by atoms with Crippen LogP contribution in [0, 0.1) is 5.92 Å². The van der Waals surface area contributed by atoms with Gasteiger partial charge in [-0.05, 0) is 45.1 Å². The predicted octanol–water partition coefficient (Wildman–Crippen LogP) is 2.35. The molecule has 0 aromatic heterocycles. The van der Waals surface area contributed by atoms with E-state index in [1.807, 2.05) is 0 Å². The standard InChI is InChI=1S/C21H37N3O2/c25-21(18-5-4-10-24(17-18)19-6-2-1-3-7-19)23-13-11-22(12-14-23)20-8-15-26-16-9-20/h18-20H,1-17H2/t18-/m0/s1. The number of nitrogens with zero attached hydrogens (tertiary/aromatic N) is 3. The van der Waals surface area contributed by atoms with E-state index in [2.05, 4.69) is 14.7 Å². The molecule has 0 unspecified atom stereocenters. The van der Waals surface area contributed by atoms with Crippen molar-refractivity contribution in [1.82, 2.24) is 14.7 Å². The highest BCUT2D eigenvalue weighted by Crippen LogP contribution is 2.28. The number of ether oxygens (including phenoxy) is 1. The van der Waals surface area contributed by atoms with E-state index < -0.39 is 0 Å². The Bertz CT molecular complexity index is 452. The smallest absolute Gasteiger partial charge is 0.227 e. The van der Waals surface area contributed by atoms with Gasteiger partial charge in [-0.25, -0.2) is 0 Å². The zero-order valence-electron chi connectivity index (χ0n) is 16.4. The molecule has 1 atom stereocenters. The van der Waals surface area contributed by atoms with Gasteiger partial charge in [-0.3, -0.25) is 14.6 Å². The molecular formula is C21H37N3O2. The molecule has 1 amide bonds. The number of likely N-dealkylation sites (tertiary alicyclic amines) is 1. The lowest BCUT2D eigenvalue weighted by Gasteiger charge is -2.43. The minimum Gasteiger partial charge on any atom is -0.381 e. The maximum Gasteiger partial charge on any atom is 0.227 e. The Morgan fingerprint density at radius 3 is 2.12 bits per heavy atom. The van der Waals surface area contributed by atoms with Crippen LogP contribution in [0.3, 0.4) is 0 Å². The van der Waals surface area contributed by atoms with Crippen LogP contribution in [0.15, 0.2) is 0 Å². The molecule has 1 aliphatic carbocycles. The second kappa shape index (κ2) is 9.03. The number of rotatable bonds is 3. The summed E-state index contributed by atoms with van der Waals surface area (Å²) in [6.07, 6.45) is 11.5. The van der Waals surface area contributed by atoms with Gasteiger partial charge in [0.1, 0.15) is 0 Å². The fraction of sp³-hybridized carbons (Fsp3) is 0.952. The van der Waals surface area contributed by atoms with Crippen LogP contribution in [0.2, 0.25) is 0 Å². The topological polar surface area (TPSA) is 36.0 Å². The van der Waals surface area contributed by atoms with E-state index in [0.29, 0.717) is 11.9 Å². The van der Waals surface area contributed by atoms with Gasteiger partial charge in [0.05, 0.1) is 5.92 Å². The molecule has 3 heterocycles. The predicted molar refractivity (Wildman–Crippen MR) is 103 cm³/mol. The molecule has 4 aliphatic rings. The van der Waals surface area contributed by atoms with Gasteiger partial charge in [-0.1, -0.05) is 19.3 Å². The average Bonchev–Trinajstić information content (AvgIpc) is 2.75. The van der Waals surface area contributed by atoms with Crippen molar-refractivity contribution in [3.8, 4) is 0 Å². The number of amides is 1. The van der Waals surface area contributed by atoms with E-state index >= 15 is 0 Å². The summed E-state index contributed by atoms with van der Waals surface area (Å²) in [6.45, 7) is 8.00. The molecule has 0 bridgehead atoms. The summed E-state index contributed by atoms with van der Waals surface area (Å²) >= 11 is 0. The second-order valence-electron chi connectivity index (χ2n) is 8.83. The summed E-state index contributed by atoms with van der Waals surface area (Å²) in [5.74, 6) is 0.692. The lowest BCUT2D eigenvalue weighted by Crippen LogP contribution is -2.55. The molecule has 0 aromatic rings. The summed E-state index contributed by atoms with van der Waals surface area (Å²) in [5.41, 5.74) is 0. The molecule has 5 nitrogen and oxygen atoms in total. The van der Waals surface area contributed by atoms with Gasteiger partial charge in [0.15, 0.2) is 0 Å². The molecule has 0 spiro atoms.